The Balaban J connectivity index is 1.79. The molecule has 0 atom stereocenters. The zero-order valence-electron chi connectivity index (χ0n) is 16.2. The van der Waals surface area contributed by atoms with Crippen LogP contribution >= 0.6 is 11.6 Å². The number of allylic oxidation sites excluding steroid dienone is 1. The molecule has 0 bridgehead atoms. The van der Waals surface area contributed by atoms with E-state index in [1.54, 1.807) is 54.6 Å². The number of hydrogen-bond donors (Lipinski definition) is 0. The molecule has 0 aliphatic heterocycles. The van der Waals surface area contributed by atoms with Crippen molar-refractivity contribution in [1.82, 2.24) is 0 Å². The molecule has 4 nitrogen and oxygen atoms in total. The number of halogens is 1. The second-order valence-electron chi connectivity index (χ2n) is 6.25. The van der Waals surface area contributed by atoms with Gasteiger partial charge >= 0.3 is 5.97 Å². The molecule has 0 fully saturated rings. The molecular weight excluding hydrogens is 398 g/mol. The highest BCUT2D eigenvalue weighted by atomic mass is 35.5. The van der Waals surface area contributed by atoms with Gasteiger partial charge in [-0.1, -0.05) is 60.1 Å². The molecule has 30 heavy (non-hydrogen) atoms. The molecule has 0 saturated carbocycles. The number of ether oxygens (including phenoxy) is 2. The fraction of sp³-hybridized carbons (Fsp3) is 0.0400. The van der Waals surface area contributed by atoms with E-state index < -0.39 is 5.97 Å². The van der Waals surface area contributed by atoms with E-state index in [0.717, 1.165) is 16.7 Å². The van der Waals surface area contributed by atoms with Crippen LogP contribution in [0, 0.1) is 11.3 Å². The first-order valence-electron chi connectivity index (χ1n) is 9.10. The van der Waals surface area contributed by atoms with Gasteiger partial charge < -0.3 is 9.47 Å². The van der Waals surface area contributed by atoms with Crippen molar-refractivity contribution in [2.75, 3.05) is 7.11 Å². The van der Waals surface area contributed by atoms with Crippen LogP contribution in [-0.2, 0) is 4.79 Å². The Morgan fingerprint density at radius 1 is 0.967 bits per heavy atom. The Morgan fingerprint density at radius 2 is 1.70 bits per heavy atom. The normalized spacial score (nSPS) is 11.2. The number of hydrogen-bond acceptors (Lipinski definition) is 4. The van der Waals surface area contributed by atoms with Gasteiger partial charge in [-0.25, -0.2) is 4.79 Å². The van der Waals surface area contributed by atoms with E-state index in [9.17, 15) is 10.1 Å². The Kier molecular flexibility index (Phi) is 7.05. The van der Waals surface area contributed by atoms with Crippen LogP contribution in [0.1, 0.15) is 16.7 Å². The van der Waals surface area contributed by atoms with Crippen molar-refractivity contribution in [2.45, 2.75) is 0 Å². The standard InChI is InChI=1S/C25H18ClNO3/c1-29-24-16-19(15-21(17-27)20-9-11-22(26)12-10-20)7-13-23(24)30-25(28)14-8-18-5-3-2-4-6-18/h2-16H,1H3/b14-8+,21-15+. The van der Waals surface area contributed by atoms with E-state index in [1.807, 2.05) is 30.3 Å². The molecule has 0 radical (unpaired) electrons. The summed E-state index contributed by atoms with van der Waals surface area (Å²) in [6.45, 7) is 0. The van der Waals surface area contributed by atoms with Crippen LogP contribution in [0.5, 0.6) is 11.5 Å². The number of nitrogens with zero attached hydrogens (tertiary/aromatic N) is 1. The van der Waals surface area contributed by atoms with Gasteiger partial charge in [-0.15, -0.1) is 0 Å². The average molecular weight is 416 g/mol. The third-order valence-corrected chi connectivity index (χ3v) is 4.45. The van der Waals surface area contributed by atoms with E-state index in [2.05, 4.69) is 6.07 Å². The maximum absolute atomic E-state index is 12.1. The predicted molar refractivity (Wildman–Crippen MR) is 119 cm³/mol. The van der Waals surface area contributed by atoms with Gasteiger partial charge in [0.25, 0.3) is 0 Å². The van der Waals surface area contributed by atoms with Crippen LogP contribution in [0.3, 0.4) is 0 Å². The van der Waals surface area contributed by atoms with Crippen molar-refractivity contribution in [2.24, 2.45) is 0 Å². The van der Waals surface area contributed by atoms with Crippen molar-refractivity contribution in [3.8, 4) is 17.6 Å². The number of esters is 1. The van der Waals surface area contributed by atoms with Gasteiger partial charge in [-0.2, -0.15) is 5.26 Å². The van der Waals surface area contributed by atoms with E-state index in [0.29, 0.717) is 22.1 Å². The Hall–Kier alpha value is -3.81. The summed E-state index contributed by atoms with van der Waals surface area (Å²) in [7, 11) is 1.49. The molecule has 0 unspecified atom stereocenters. The molecule has 0 aliphatic carbocycles. The molecule has 3 rings (SSSR count). The summed E-state index contributed by atoms with van der Waals surface area (Å²) >= 11 is 5.91. The fourth-order valence-corrected chi connectivity index (χ4v) is 2.83. The number of carbonyl (C=O) groups excluding carboxylic acids is 1. The molecule has 148 valence electrons. The Bertz CT molecular complexity index is 1130. The van der Waals surface area contributed by atoms with Crippen LogP contribution in [0.15, 0.2) is 78.9 Å². The predicted octanol–water partition coefficient (Wildman–Crippen LogP) is 6.03. The van der Waals surface area contributed by atoms with Crippen LogP contribution in [0.2, 0.25) is 5.02 Å². The molecule has 0 aliphatic rings. The largest absolute Gasteiger partial charge is 0.493 e. The Morgan fingerprint density at radius 3 is 2.37 bits per heavy atom. The minimum absolute atomic E-state index is 0.294. The third kappa shape index (κ3) is 5.60. The summed E-state index contributed by atoms with van der Waals surface area (Å²) in [6.07, 6.45) is 4.76. The van der Waals surface area contributed by atoms with Crippen molar-refractivity contribution in [1.29, 1.82) is 5.26 Å². The van der Waals surface area contributed by atoms with Crippen LogP contribution in [0.4, 0.5) is 0 Å². The lowest BCUT2D eigenvalue weighted by Crippen LogP contribution is -2.05. The molecule has 0 amide bonds. The van der Waals surface area contributed by atoms with Gasteiger partial charge in [0.1, 0.15) is 0 Å². The van der Waals surface area contributed by atoms with Crippen molar-refractivity contribution in [3.63, 3.8) is 0 Å². The lowest BCUT2D eigenvalue weighted by atomic mass is 10.0. The molecule has 0 N–H and O–H groups in total. The third-order valence-electron chi connectivity index (χ3n) is 4.20. The highest BCUT2D eigenvalue weighted by Crippen LogP contribution is 2.30. The van der Waals surface area contributed by atoms with Crippen molar-refractivity contribution >= 4 is 35.3 Å². The Labute approximate surface area is 180 Å². The lowest BCUT2D eigenvalue weighted by molar-refractivity contribution is -0.129. The van der Waals surface area contributed by atoms with Crippen molar-refractivity contribution < 1.29 is 14.3 Å². The zero-order chi connectivity index (χ0) is 21.3. The zero-order valence-corrected chi connectivity index (χ0v) is 17.0. The number of carbonyl (C=O) groups is 1. The van der Waals surface area contributed by atoms with Gasteiger partial charge in [0.05, 0.1) is 18.8 Å². The summed E-state index contributed by atoms with van der Waals surface area (Å²) in [4.78, 5) is 12.1. The van der Waals surface area contributed by atoms with Gasteiger partial charge in [0.2, 0.25) is 0 Å². The van der Waals surface area contributed by atoms with E-state index in [-0.39, 0.29) is 0 Å². The maximum atomic E-state index is 12.1. The summed E-state index contributed by atoms with van der Waals surface area (Å²) in [5.74, 6) is 0.167. The lowest BCUT2D eigenvalue weighted by Gasteiger charge is -2.09. The first kappa shape index (κ1) is 20.9. The van der Waals surface area contributed by atoms with Crippen LogP contribution in [0.25, 0.3) is 17.7 Å². The van der Waals surface area contributed by atoms with Crippen molar-refractivity contribution in [3.05, 3.63) is 101 Å². The van der Waals surface area contributed by atoms with Gasteiger partial charge in [-0.3, -0.25) is 0 Å². The number of rotatable bonds is 6. The highest BCUT2D eigenvalue weighted by Gasteiger charge is 2.10. The van der Waals surface area contributed by atoms with Gasteiger partial charge in [0.15, 0.2) is 11.5 Å². The smallest absolute Gasteiger partial charge is 0.336 e. The maximum Gasteiger partial charge on any atom is 0.336 e. The molecule has 0 heterocycles. The minimum atomic E-state index is -0.515. The summed E-state index contributed by atoms with van der Waals surface area (Å²) in [5, 5.41) is 10.1. The number of benzene rings is 3. The monoisotopic (exact) mass is 415 g/mol. The second kappa shape index (κ2) is 10.1. The summed E-state index contributed by atoms with van der Waals surface area (Å²) < 4.78 is 10.7. The highest BCUT2D eigenvalue weighted by molar-refractivity contribution is 6.30. The summed E-state index contributed by atoms with van der Waals surface area (Å²) in [6, 6.07) is 23.8. The van der Waals surface area contributed by atoms with Gasteiger partial charge in [-0.05, 0) is 53.1 Å². The molecule has 0 saturated heterocycles. The first-order valence-corrected chi connectivity index (χ1v) is 9.47. The van der Waals surface area contributed by atoms with Crippen LogP contribution in [-0.4, -0.2) is 13.1 Å². The fourth-order valence-electron chi connectivity index (χ4n) is 2.71. The first-order chi connectivity index (χ1) is 14.6. The van der Waals surface area contributed by atoms with Crippen LogP contribution < -0.4 is 9.47 Å². The topological polar surface area (TPSA) is 59.3 Å². The van der Waals surface area contributed by atoms with Gasteiger partial charge in [0, 0.05) is 11.1 Å². The molecule has 0 spiro atoms. The van der Waals surface area contributed by atoms with E-state index >= 15 is 0 Å². The quantitative estimate of drug-likeness (QED) is 0.162. The number of nitriles is 1. The average Bonchev–Trinajstić information content (AvgIpc) is 2.78. The summed E-state index contributed by atoms with van der Waals surface area (Å²) in [5.41, 5.74) is 2.86. The van der Waals surface area contributed by atoms with E-state index in [1.165, 1.54) is 13.2 Å². The van der Waals surface area contributed by atoms with E-state index in [4.69, 9.17) is 21.1 Å². The minimum Gasteiger partial charge on any atom is -0.493 e. The SMILES string of the molecule is COc1cc(/C=C(\C#N)c2ccc(Cl)cc2)ccc1OC(=O)/C=C/c1ccccc1. The molecule has 5 heteroatoms. The molecule has 3 aromatic rings. The number of methoxy groups -OCH3 is 1. The second-order valence-corrected chi connectivity index (χ2v) is 6.69. The molecular formula is C25H18ClNO3. The molecule has 3 aromatic carbocycles. The molecule has 0 aromatic heterocycles.